The van der Waals surface area contributed by atoms with Crippen molar-refractivity contribution < 1.29 is 28.6 Å². The fourth-order valence-electron chi connectivity index (χ4n) is 4.49. The topological polar surface area (TPSA) is 97.4 Å². The minimum atomic E-state index is -0.809. The molecular weight excluding hydrogens is 657 g/mol. The number of anilines is 2. The number of esters is 1. The second-order valence-corrected chi connectivity index (χ2v) is 10.7. The van der Waals surface area contributed by atoms with Crippen LogP contribution in [-0.2, 0) is 20.7 Å². The van der Waals surface area contributed by atoms with E-state index in [1.807, 2.05) is 42.5 Å². The molecule has 0 aliphatic carbocycles. The number of carbonyl (C=O) groups excluding carboxylic acids is 3. The highest BCUT2D eigenvalue weighted by molar-refractivity contribution is 14.1. The summed E-state index contributed by atoms with van der Waals surface area (Å²) >= 11 is 7.98. The van der Waals surface area contributed by atoms with Crippen molar-refractivity contribution in [2.75, 3.05) is 37.6 Å². The van der Waals surface area contributed by atoms with Gasteiger partial charge in [-0.05, 0) is 114 Å². The number of hydrogen-bond donors (Lipinski definition) is 1. The maximum absolute atomic E-state index is 13.8. The summed E-state index contributed by atoms with van der Waals surface area (Å²) < 4.78 is 16.9. The van der Waals surface area contributed by atoms with Gasteiger partial charge >= 0.3 is 5.97 Å². The van der Waals surface area contributed by atoms with Gasteiger partial charge in [0.05, 0.1) is 38.5 Å². The zero-order valence-electron chi connectivity index (χ0n) is 22.9. The van der Waals surface area contributed by atoms with E-state index in [0.717, 1.165) is 9.13 Å². The van der Waals surface area contributed by atoms with Crippen LogP contribution >= 0.6 is 34.8 Å². The molecule has 0 bridgehead atoms. The van der Waals surface area contributed by atoms with Gasteiger partial charge in [0.1, 0.15) is 6.04 Å². The molecule has 1 saturated heterocycles. The van der Waals surface area contributed by atoms with Gasteiger partial charge in [0.15, 0.2) is 16.6 Å². The number of ether oxygens (including phenoxy) is 3. The van der Waals surface area contributed by atoms with Crippen LogP contribution in [0.2, 0.25) is 0 Å². The van der Waals surface area contributed by atoms with Gasteiger partial charge < -0.3 is 24.4 Å². The Hall–Kier alpha value is -3.71. The van der Waals surface area contributed by atoms with Gasteiger partial charge in [-0.1, -0.05) is 6.07 Å². The smallest absolute Gasteiger partial charge is 0.338 e. The van der Waals surface area contributed by atoms with E-state index in [1.165, 1.54) is 4.90 Å². The molecule has 0 saturated carbocycles. The molecule has 1 unspecified atom stereocenters. The lowest BCUT2D eigenvalue weighted by Gasteiger charge is -2.24. The predicted molar refractivity (Wildman–Crippen MR) is 169 cm³/mol. The van der Waals surface area contributed by atoms with E-state index in [9.17, 15) is 14.4 Å². The maximum atomic E-state index is 13.8. The average Bonchev–Trinajstić information content (AvgIpc) is 3.20. The number of hydrogen-bond acceptors (Lipinski definition) is 7. The summed E-state index contributed by atoms with van der Waals surface area (Å²) in [5.41, 5.74) is 2.47. The predicted octanol–water partition coefficient (Wildman–Crippen LogP) is 5.06. The van der Waals surface area contributed by atoms with Crippen molar-refractivity contribution in [1.29, 1.82) is 0 Å². The number of methoxy groups -OCH3 is 2. The third-order valence-electron chi connectivity index (χ3n) is 6.55. The van der Waals surface area contributed by atoms with Crippen LogP contribution in [0.1, 0.15) is 29.3 Å². The first kappa shape index (κ1) is 30.3. The zero-order chi connectivity index (χ0) is 29.5. The molecule has 2 amide bonds. The Morgan fingerprint density at radius 1 is 0.976 bits per heavy atom. The number of nitrogens with zero attached hydrogens (tertiary/aromatic N) is 2. The molecule has 1 aliphatic rings. The quantitative estimate of drug-likeness (QED) is 0.170. The first-order chi connectivity index (χ1) is 19.7. The number of thiocarbonyl (C=S) groups is 1. The molecule has 1 fully saturated rings. The van der Waals surface area contributed by atoms with E-state index in [0.29, 0.717) is 41.4 Å². The van der Waals surface area contributed by atoms with Crippen LogP contribution < -0.4 is 19.7 Å². The Morgan fingerprint density at radius 2 is 1.66 bits per heavy atom. The molecular formula is C30H30IN3O6S. The highest BCUT2D eigenvalue weighted by Gasteiger charge is 2.44. The summed E-state index contributed by atoms with van der Waals surface area (Å²) in [7, 11) is 3.15. The van der Waals surface area contributed by atoms with E-state index in [2.05, 4.69) is 27.9 Å². The van der Waals surface area contributed by atoms with Crippen molar-refractivity contribution in [3.63, 3.8) is 0 Å². The lowest BCUT2D eigenvalue weighted by Crippen LogP contribution is -2.39. The van der Waals surface area contributed by atoms with E-state index >= 15 is 0 Å². The summed E-state index contributed by atoms with van der Waals surface area (Å²) in [5, 5.41) is 3.16. The van der Waals surface area contributed by atoms with Gasteiger partial charge in [-0.25, -0.2) is 4.79 Å². The third-order valence-corrected chi connectivity index (χ3v) is 7.69. The molecule has 11 heteroatoms. The van der Waals surface area contributed by atoms with Crippen LogP contribution in [0, 0.1) is 3.57 Å². The number of amides is 2. The lowest BCUT2D eigenvalue weighted by molar-refractivity contribution is -0.124. The van der Waals surface area contributed by atoms with Crippen LogP contribution in [0.5, 0.6) is 11.5 Å². The summed E-state index contributed by atoms with van der Waals surface area (Å²) in [6.45, 7) is 2.38. The molecule has 0 aromatic heterocycles. The number of carbonyl (C=O) groups is 3. The maximum Gasteiger partial charge on any atom is 0.338 e. The lowest BCUT2D eigenvalue weighted by atomic mass is 10.1. The first-order valence-corrected chi connectivity index (χ1v) is 14.4. The van der Waals surface area contributed by atoms with Gasteiger partial charge in [0.25, 0.3) is 5.91 Å². The Kier molecular flexibility index (Phi) is 10.2. The highest BCUT2D eigenvalue weighted by Crippen LogP contribution is 2.30. The monoisotopic (exact) mass is 687 g/mol. The van der Waals surface area contributed by atoms with Crippen molar-refractivity contribution in [2.45, 2.75) is 25.8 Å². The Balaban J connectivity index is 1.57. The SMILES string of the molecule is CCOC(=O)c1ccc(N2C(=O)C(CC(=O)Nc3ccc(I)cc3)N(CCc3ccc(OC)c(OC)c3)C2=S)cc1. The Bertz CT molecular complexity index is 1430. The minimum absolute atomic E-state index is 0.0890. The zero-order valence-corrected chi connectivity index (χ0v) is 25.9. The Labute approximate surface area is 257 Å². The van der Waals surface area contributed by atoms with E-state index in [4.69, 9.17) is 26.4 Å². The van der Waals surface area contributed by atoms with Gasteiger partial charge in [-0.2, -0.15) is 0 Å². The molecule has 1 atom stereocenters. The average molecular weight is 688 g/mol. The van der Waals surface area contributed by atoms with E-state index < -0.39 is 12.0 Å². The fraction of sp³-hybridized carbons (Fsp3) is 0.267. The molecule has 4 rings (SSSR count). The minimum Gasteiger partial charge on any atom is -0.493 e. The number of halogens is 1. The van der Waals surface area contributed by atoms with Gasteiger partial charge in [-0.3, -0.25) is 14.5 Å². The Morgan fingerprint density at radius 3 is 2.29 bits per heavy atom. The van der Waals surface area contributed by atoms with Crippen LogP contribution in [-0.4, -0.2) is 61.2 Å². The van der Waals surface area contributed by atoms with E-state index in [1.54, 1.807) is 50.3 Å². The normalized spacial score (nSPS) is 14.7. The number of rotatable bonds is 11. The highest BCUT2D eigenvalue weighted by atomic mass is 127. The van der Waals surface area contributed by atoms with Crippen molar-refractivity contribution in [2.24, 2.45) is 0 Å². The second kappa shape index (κ2) is 13.8. The first-order valence-electron chi connectivity index (χ1n) is 12.9. The van der Waals surface area contributed by atoms with Crippen LogP contribution in [0.3, 0.4) is 0 Å². The second-order valence-electron chi connectivity index (χ2n) is 9.13. The standard InChI is InChI=1S/C30H30IN3O6S/c1-4-40-29(37)20-6-12-23(13-7-20)34-28(36)24(18-27(35)32-22-10-8-21(31)9-11-22)33(30(34)41)16-15-19-5-14-25(38-2)26(17-19)39-3/h5-14,17,24H,4,15-16,18H2,1-3H3,(H,32,35). The summed E-state index contributed by atoms with van der Waals surface area (Å²) in [6.07, 6.45) is 0.451. The molecule has 0 radical (unpaired) electrons. The molecule has 9 nitrogen and oxygen atoms in total. The molecule has 3 aromatic rings. The van der Waals surface area contributed by atoms with Gasteiger partial charge in [-0.15, -0.1) is 0 Å². The molecule has 1 N–H and O–H groups in total. The largest absolute Gasteiger partial charge is 0.493 e. The van der Waals surface area contributed by atoms with Gasteiger partial charge in [0, 0.05) is 15.8 Å². The van der Waals surface area contributed by atoms with Crippen molar-refractivity contribution in [3.05, 3.63) is 81.4 Å². The number of nitrogens with one attached hydrogen (secondary N) is 1. The summed E-state index contributed by atoms with van der Waals surface area (Å²) in [4.78, 5) is 42.1. The molecule has 1 aliphatic heterocycles. The summed E-state index contributed by atoms with van der Waals surface area (Å²) in [6, 6.07) is 18.7. The molecule has 0 spiro atoms. The fourth-order valence-corrected chi connectivity index (χ4v) is 5.27. The van der Waals surface area contributed by atoms with Crippen LogP contribution in [0.4, 0.5) is 11.4 Å². The molecule has 3 aromatic carbocycles. The van der Waals surface area contributed by atoms with Crippen molar-refractivity contribution in [1.82, 2.24) is 4.90 Å². The van der Waals surface area contributed by atoms with E-state index in [-0.39, 0.29) is 30.0 Å². The van der Waals surface area contributed by atoms with Crippen LogP contribution in [0.15, 0.2) is 66.7 Å². The third kappa shape index (κ3) is 7.14. The summed E-state index contributed by atoms with van der Waals surface area (Å²) in [5.74, 6) is 0.149. The van der Waals surface area contributed by atoms with Crippen molar-refractivity contribution >= 4 is 69.1 Å². The number of benzene rings is 3. The van der Waals surface area contributed by atoms with Crippen molar-refractivity contribution in [3.8, 4) is 11.5 Å². The molecule has 1 heterocycles. The van der Waals surface area contributed by atoms with Crippen LogP contribution in [0.25, 0.3) is 0 Å². The van der Waals surface area contributed by atoms with Gasteiger partial charge in [0.2, 0.25) is 5.91 Å². The molecule has 41 heavy (non-hydrogen) atoms. The molecule has 214 valence electrons.